The third-order valence-electron chi connectivity index (χ3n) is 2.83. The van der Waals surface area contributed by atoms with Crippen molar-refractivity contribution in [1.82, 2.24) is 15.2 Å². The molecular formula is C13H11BrCl2N4O. The second-order valence-corrected chi connectivity index (χ2v) is 5.79. The minimum atomic E-state index is -0.417. The number of carbonyl (C=O) groups is 1. The maximum Gasteiger partial charge on any atom is 0.293 e. The number of nitrogens with zero attached hydrogens (tertiary/aromatic N) is 3. The molecular weight excluding hydrogens is 379 g/mol. The molecule has 1 heterocycles. The van der Waals surface area contributed by atoms with E-state index in [9.17, 15) is 4.79 Å². The van der Waals surface area contributed by atoms with Crippen LogP contribution in [0.5, 0.6) is 0 Å². The smallest absolute Gasteiger partial charge is 0.271 e. The number of hydrogen-bond acceptors (Lipinski definition) is 3. The fourth-order valence-corrected chi connectivity index (χ4v) is 2.43. The lowest BCUT2D eigenvalue weighted by atomic mass is 10.2. The monoisotopic (exact) mass is 388 g/mol. The minimum absolute atomic E-state index is 0.268. The third-order valence-corrected chi connectivity index (χ3v) is 4.61. The van der Waals surface area contributed by atoms with Gasteiger partial charge in [0.2, 0.25) is 0 Å². The van der Waals surface area contributed by atoms with Crippen molar-refractivity contribution >= 4 is 51.3 Å². The van der Waals surface area contributed by atoms with Crippen molar-refractivity contribution in [2.75, 3.05) is 0 Å². The molecule has 2 aromatic rings. The number of nitrogens with one attached hydrogen (secondary N) is 1. The molecule has 0 atom stereocenters. The van der Waals surface area contributed by atoms with Crippen LogP contribution in [0.3, 0.4) is 0 Å². The van der Waals surface area contributed by atoms with Gasteiger partial charge >= 0.3 is 0 Å². The normalized spacial score (nSPS) is 11.1. The lowest BCUT2D eigenvalue weighted by molar-refractivity contribution is 0.0948. The van der Waals surface area contributed by atoms with Crippen LogP contribution in [0.4, 0.5) is 0 Å². The van der Waals surface area contributed by atoms with Crippen molar-refractivity contribution < 1.29 is 4.79 Å². The largest absolute Gasteiger partial charge is 0.293 e. The Morgan fingerprint density at radius 3 is 2.81 bits per heavy atom. The molecule has 0 aliphatic heterocycles. The van der Waals surface area contributed by atoms with Gasteiger partial charge in [-0.1, -0.05) is 35.3 Å². The Bertz CT molecular complexity index is 727. The summed E-state index contributed by atoms with van der Waals surface area (Å²) in [5.74, 6) is -0.417. The molecule has 1 aromatic carbocycles. The number of aryl methyl sites for hydroxylation is 1. The molecule has 1 aromatic heterocycles. The molecule has 0 fully saturated rings. The van der Waals surface area contributed by atoms with E-state index in [1.54, 1.807) is 29.9 Å². The van der Waals surface area contributed by atoms with Gasteiger partial charge in [0.25, 0.3) is 5.91 Å². The highest BCUT2D eigenvalue weighted by Gasteiger charge is 2.17. The van der Waals surface area contributed by atoms with Crippen molar-refractivity contribution in [1.29, 1.82) is 0 Å². The molecule has 1 amide bonds. The van der Waals surface area contributed by atoms with E-state index in [1.807, 2.05) is 6.92 Å². The topological polar surface area (TPSA) is 59.3 Å². The first-order valence-electron chi connectivity index (χ1n) is 5.88. The van der Waals surface area contributed by atoms with E-state index in [0.717, 1.165) is 5.69 Å². The Kier molecular flexibility index (Phi) is 5.03. The van der Waals surface area contributed by atoms with Crippen LogP contribution in [0.2, 0.25) is 10.0 Å². The van der Waals surface area contributed by atoms with E-state index in [-0.39, 0.29) is 5.69 Å². The van der Waals surface area contributed by atoms with Gasteiger partial charge in [-0.25, -0.2) is 5.43 Å². The average Bonchev–Trinajstić information content (AvgIpc) is 2.71. The van der Waals surface area contributed by atoms with Crippen molar-refractivity contribution in [2.45, 2.75) is 6.92 Å². The van der Waals surface area contributed by atoms with Crippen LogP contribution in [0.15, 0.2) is 27.8 Å². The molecule has 0 saturated carbocycles. The Morgan fingerprint density at radius 1 is 1.48 bits per heavy atom. The summed E-state index contributed by atoms with van der Waals surface area (Å²) >= 11 is 15.2. The zero-order valence-corrected chi connectivity index (χ0v) is 14.3. The number of aromatic nitrogens is 2. The molecule has 0 aliphatic carbocycles. The van der Waals surface area contributed by atoms with E-state index in [2.05, 4.69) is 31.6 Å². The van der Waals surface area contributed by atoms with Gasteiger partial charge in [-0.2, -0.15) is 10.2 Å². The van der Waals surface area contributed by atoms with Gasteiger partial charge in [0, 0.05) is 12.6 Å². The standard InChI is InChI=1S/C13H11BrCl2N4O/c1-7-10(14)12(19-20(7)2)13(21)18-17-6-8-4-3-5-9(15)11(8)16/h3-6H,1-2H3,(H,18,21)/b17-6-. The van der Waals surface area contributed by atoms with Crippen LogP contribution >= 0.6 is 39.1 Å². The summed E-state index contributed by atoms with van der Waals surface area (Å²) in [5.41, 5.74) is 4.13. The first-order valence-corrected chi connectivity index (χ1v) is 7.43. The van der Waals surface area contributed by atoms with Crippen molar-refractivity contribution in [2.24, 2.45) is 12.1 Å². The fraction of sp³-hybridized carbons (Fsp3) is 0.154. The fourth-order valence-electron chi connectivity index (χ4n) is 1.56. The van der Waals surface area contributed by atoms with Crippen LogP contribution < -0.4 is 5.43 Å². The first-order chi connectivity index (χ1) is 9.91. The number of hydrogen-bond donors (Lipinski definition) is 1. The minimum Gasteiger partial charge on any atom is -0.271 e. The summed E-state index contributed by atoms with van der Waals surface area (Å²) in [6.07, 6.45) is 1.43. The van der Waals surface area contributed by atoms with Crippen molar-refractivity contribution in [3.63, 3.8) is 0 Å². The summed E-state index contributed by atoms with van der Waals surface area (Å²) in [6.45, 7) is 1.85. The summed E-state index contributed by atoms with van der Waals surface area (Å²) in [4.78, 5) is 12.0. The van der Waals surface area contributed by atoms with Crippen LogP contribution in [0, 0.1) is 6.92 Å². The van der Waals surface area contributed by atoms with E-state index >= 15 is 0 Å². The molecule has 8 heteroatoms. The summed E-state index contributed by atoms with van der Waals surface area (Å²) in [6, 6.07) is 5.16. The molecule has 0 spiro atoms. The Morgan fingerprint density at radius 2 is 2.19 bits per heavy atom. The molecule has 0 saturated heterocycles. The molecule has 21 heavy (non-hydrogen) atoms. The molecule has 0 aliphatic rings. The van der Waals surface area contributed by atoms with Gasteiger partial charge in [0.05, 0.1) is 26.4 Å². The SMILES string of the molecule is Cc1c(Br)c(C(=O)N/N=C\c2cccc(Cl)c2Cl)nn1C. The summed E-state index contributed by atoms with van der Waals surface area (Å²) in [7, 11) is 1.76. The highest BCUT2D eigenvalue weighted by atomic mass is 79.9. The van der Waals surface area contributed by atoms with Gasteiger partial charge in [-0.05, 0) is 28.9 Å². The molecule has 0 unspecified atom stereocenters. The lowest BCUT2D eigenvalue weighted by Crippen LogP contribution is -2.19. The first kappa shape index (κ1) is 16.0. The zero-order valence-electron chi connectivity index (χ0n) is 11.2. The van der Waals surface area contributed by atoms with Crippen molar-refractivity contribution in [3.8, 4) is 0 Å². The van der Waals surface area contributed by atoms with E-state index in [0.29, 0.717) is 20.1 Å². The third kappa shape index (κ3) is 3.45. The maximum atomic E-state index is 12.0. The number of halogens is 3. The molecule has 1 N–H and O–H groups in total. The van der Waals surface area contributed by atoms with Crippen LogP contribution in [0.25, 0.3) is 0 Å². The molecule has 110 valence electrons. The second kappa shape index (κ2) is 6.60. The number of amides is 1. The second-order valence-electron chi connectivity index (χ2n) is 4.21. The van der Waals surface area contributed by atoms with Gasteiger partial charge in [-0.3, -0.25) is 9.48 Å². The quantitative estimate of drug-likeness (QED) is 0.644. The van der Waals surface area contributed by atoms with Crippen molar-refractivity contribution in [3.05, 3.63) is 49.7 Å². The number of hydrazone groups is 1. The molecule has 0 bridgehead atoms. The van der Waals surface area contributed by atoms with E-state index in [1.165, 1.54) is 6.21 Å². The van der Waals surface area contributed by atoms with Gasteiger partial charge < -0.3 is 0 Å². The average molecular weight is 390 g/mol. The molecule has 2 rings (SSSR count). The molecule has 5 nitrogen and oxygen atoms in total. The van der Waals surface area contributed by atoms with E-state index < -0.39 is 5.91 Å². The number of rotatable bonds is 3. The Balaban J connectivity index is 2.12. The highest BCUT2D eigenvalue weighted by molar-refractivity contribution is 9.10. The predicted molar refractivity (Wildman–Crippen MR) is 87.2 cm³/mol. The number of benzene rings is 1. The summed E-state index contributed by atoms with van der Waals surface area (Å²) < 4.78 is 2.25. The number of carbonyl (C=O) groups excluding carboxylic acids is 1. The zero-order chi connectivity index (χ0) is 15.6. The Labute approximate surface area is 140 Å². The summed E-state index contributed by atoms with van der Waals surface area (Å²) in [5, 5.41) is 8.77. The highest BCUT2D eigenvalue weighted by Crippen LogP contribution is 2.24. The van der Waals surface area contributed by atoms with Gasteiger partial charge in [0.15, 0.2) is 5.69 Å². The molecule has 0 radical (unpaired) electrons. The Hall–Kier alpha value is -1.37. The van der Waals surface area contributed by atoms with Crippen LogP contribution in [-0.4, -0.2) is 21.9 Å². The predicted octanol–water partition coefficient (Wildman–Crippen LogP) is 3.56. The van der Waals surface area contributed by atoms with Crippen LogP contribution in [-0.2, 0) is 7.05 Å². The van der Waals surface area contributed by atoms with Gasteiger partial charge in [-0.15, -0.1) is 0 Å². The van der Waals surface area contributed by atoms with E-state index in [4.69, 9.17) is 23.2 Å². The van der Waals surface area contributed by atoms with Gasteiger partial charge in [0.1, 0.15) is 0 Å². The maximum absolute atomic E-state index is 12.0. The van der Waals surface area contributed by atoms with Crippen LogP contribution in [0.1, 0.15) is 21.7 Å². The lowest BCUT2D eigenvalue weighted by Gasteiger charge is -2.00.